The molecule has 0 fully saturated rings. The van der Waals surface area contributed by atoms with E-state index in [4.69, 9.17) is 4.74 Å². The van der Waals surface area contributed by atoms with Gasteiger partial charge in [-0.2, -0.15) is 0 Å². The SMILES string of the molecule is CCCCNC(=O)[C@@H](Cc1ccccc1)N(Cc1ccccc1F)C(=O)CN(c1ccccc1OC)S(=O)(=O)c1ccccc1. The summed E-state index contributed by atoms with van der Waals surface area (Å²) in [5.74, 6) is -1.40. The van der Waals surface area contributed by atoms with Crippen molar-refractivity contribution in [1.29, 1.82) is 0 Å². The fraction of sp³-hybridized carbons (Fsp3) is 0.257. The molecule has 0 spiro atoms. The van der Waals surface area contributed by atoms with Crippen LogP contribution in [0, 0.1) is 5.82 Å². The Kier molecular flexibility index (Phi) is 11.7. The zero-order valence-electron chi connectivity index (χ0n) is 25.4. The van der Waals surface area contributed by atoms with Gasteiger partial charge in [0.25, 0.3) is 10.0 Å². The number of carbonyl (C=O) groups is 2. The number of carbonyl (C=O) groups excluding carboxylic acids is 2. The summed E-state index contributed by atoms with van der Waals surface area (Å²) in [5.41, 5.74) is 1.13. The molecule has 1 N–H and O–H groups in total. The van der Waals surface area contributed by atoms with Crippen molar-refractivity contribution in [2.24, 2.45) is 0 Å². The molecule has 0 aromatic heterocycles. The van der Waals surface area contributed by atoms with E-state index >= 15 is 4.39 Å². The highest BCUT2D eigenvalue weighted by molar-refractivity contribution is 7.92. The van der Waals surface area contributed by atoms with Crippen LogP contribution in [0.4, 0.5) is 10.1 Å². The second-order valence-electron chi connectivity index (χ2n) is 10.5. The maximum absolute atomic E-state index is 15.0. The molecule has 45 heavy (non-hydrogen) atoms. The van der Waals surface area contributed by atoms with Crippen LogP contribution in [0.2, 0.25) is 0 Å². The fourth-order valence-corrected chi connectivity index (χ4v) is 6.38. The Bertz CT molecular complexity index is 1670. The molecule has 0 aliphatic carbocycles. The van der Waals surface area contributed by atoms with Crippen molar-refractivity contribution in [2.75, 3.05) is 24.5 Å². The Labute approximate surface area is 264 Å². The molecule has 0 radical (unpaired) electrons. The average Bonchev–Trinajstić information content (AvgIpc) is 3.06. The standard InChI is InChI=1S/C35H38FN3O5S/c1-3-4-23-37-35(41)32(24-27-15-7-5-8-16-27)38(25-28-17-11-12-20-30(28)36)34(40)26-39(31-21-13-14-22-33(31)44-2)45(42,43)29-18-9-6-10-19-29/h5-22,32H,3-4,23-26H2,1-2H3,(H,37,41)/t32-/m1/s1. The summed E-state index contributed by atoms with van der Waals surface area (Å²) in [6.07, 6.45) is 1.73. The van der Waals surface area contributed by atoms with Gasteiger partial charge in [0.2, 0.25) is 11.8 Å². The van der Waals surface area contributed by atoms with Crippen LogP contribution in [0.3, 0.4) is 0 Å². The number of para-hydroxylation sites is 2. The summed E-state index contributed by atoms with van der Waals surface area (Å²) in [4.78, 5) is 29.5. The lowest BCUT2D eigenvalue weighted by Crippen LogP contribution is -2.53. The Morgan fingerprint density at radius 2 is 1.49 bits per heavy atom. The maximum Gasteiger partial charge on any atom is 0.264 e. The molecule has 0 heterocycles. The predicted octanol–water partition coefficient (Wildman–Crippen LogP) is 5.59. The maximum atomic E-state index is 15.0. The quantitative estimate of drug-likeness (QED) is 0.173. The van der Waals surface area contributed by atoms with E-state index in [1.54, 1.807) is 60.7 Å². The summed E-state index contributed by atoms with van der Waals surface area (Å²) in [6, 6.07) is 28.4. The van der Waals surface area contributed by atoms with Gasteiger partial charge in [-0.1, -0.05) is 92.2 Å². The molecule has 10 heteroatoms. The highest BCUT2D eigenvalue weighted by atomic mass is 32.2. The highest BCUT2D eigenvalue weighted by Gasteiger charge is 2.35. The van der Waals surface area contributed by atoms with Gasteiger partial charge in [-0.3, -0.25) is 13.9 Å². The van der Waals surface area contributed by atoms with Crippen LogP contribution in [0.15, 0.2) is 114 Å². The minimum Gasteiger partial charge on any atom is -0.495 e. The van der Waals surface area contributed by atoms with E-state index in [2.05, 4.69) is 5.32 Å². The number of sulfonamides is 1. The monoisotopic (exact) mass is 631 g/mol. The molecule has 0 aliphatic rings. The number of hydrogen-bond acceptors (Lipinski definition) is 5. The molecule has 0 bridgehead atoms. The van der Waals surface area contributed by atoms with E-state index in [-0.39, 0.29) is 34.9 Å². The first-order valence-electron chi connectivity index (χ1n) is 14.8. The minimum absolute atomic E-state index is 0.0255. The lowest BCUT2D eigenvalue weighted by molar-refractivity contribution is -0.140. The third kappa shape index (κ3) is 8.48. The molecule has 8 nitrogen and oxygen atoms in total. The normalized spacial score (nSPS) is 11.8. The number of unbranched alkanes of at least 4 members (excludes halogenated alkanes) is 1. The van der Waals surface area contributed by atoms with Crippen molar-refractivity contribution in [2.45, 2.75) is 43.7 Å². The number of nitrogens with one attached hydrogen (secondary N) is 1. The Morgan fingerprint density at radius 3 is 2.16 bits per heavy atom. The van der Waals surface area contributed by atoms with Crippen molar-refractivity contribution in [3.63, 3.8) is 0 Å². The first-order valence-corrected chi connectivity index (χ1v) is 16.3. The van der Waals surface area contributed by atoms with E-state index in [1.807, 2.05) is 37.3 Å². The molecule has 4 aromatic carbocycles. The topological polar surface area (TPSA) is 96.0 Å². The Balaban J connectivity index is 1.82. The number of hydrogen-bond donors (Lipinski definition) is 1. The first-order chi connectivity index (χ1) is 21.8. The van der Waals surface area contributed by atoms with Gasteiger partial charge in [0, 0.05) is 25.1 Å². The summed E-state index contributed by atoms with van der Waals surface area (Å²) in [5, 5.41) is 2.92. The Morgan fingerprint density at radius 1 is 0.867 bits per heavy atom. The number of amides is 2. The predicted molar refractivity (Wildman–Crippen MR) is 173 cm³/mol. The van der Waals surface area contributed by atoms with Crippen molar-refractivity contribution < 1.29 is 27.1 Å². The van der Waals surface area contributed by atoms with Crippen LogP contribution in [0.5, 0.6) is 5.75 Å². The summed E-state index contributed by atoms with van der Waals surface area (Å²) in [6.45, 7) is 1.48. The van der Waals surface area contributed by atoms with Crippen LogP contribution >= 0.6 is 0 Å². The summed E-state index contributed by atoms with van der Waals surface area (Å²) in [7, 11) is -2.88. The molecule has 0 aliphatic heterocycles. The van der Waals surface area contributed by atoms with Crippen LogP contribution in [0.1, 0.15) is 30.9 Å². The van der Waals surface area contributed by atoms with Crippen molar-refractivity contribution in [1.82, 2.24) is 10.2 Å². The van der Waals surface area contributed by atoms with Crippen molar-refractivity contribution >= 4 is 27.5 Å². The number of benzene rings is 4. The van der Waals surface area contributed by atoms with Crippen molar-refractivity contribution in [3.05, 3.63) is 126 Å². The number of methoxy groups -OCH3 is 1. The molecule has 4 rings (SSSR count). The molecule has 2 amide bonds. The van der Waals surface area contributed by atoms with E-state index in [0.717, 1.165) is 22.7 Å². The largest absolute Gasteiger partial charge is 0.495 e. The number of rotatable bonds is 15. The number of halogens is 1. The zero-order chi connectivity index (χ0) is 32.2. The zero-order valence-corrected chi connectivity index (χ0v) is 26.3. The third-order valence-corrected chi connectivity index (χ3v) is 9.14. The van der Waals surface area contributed by atoms with Gasteiger partial charge in [0.1, 0.15) is 24.2 Å². The number of nitrogens with zero attached hydrogens (tertiary/aromatic N) is 2. The average molecular weight is 632 g/mol. The fourth-order valence-electron chi connectivity index (χ4n) is 4.94. The Hall–Kier alpha value is -4.70. The molecule has 4 aromatic rings. The van der Waals surface area contributed by atoms with Crippen LogP contribution in [-0.2, 0) is 32.6 Å². The van der Waals surface area contributed by atoms with E-state index < -0.39 is 40.2 Å². The van der Waals surface area contributed by atoms with Gasteiger partial charge in [0.05, 0.1) is 17.7 Å². The molecular weight excluding hydrogens is 593 g/mol. The van der Waals surface area contributed by atoms with Gasteiger partial charge >= 0.3 is 0 Å². The van der Waals surface area contributed by atoms with Gasteiger partial charge in [0.15, 0.2) is 0 Å². The van der Waals surface area contributed by atoms with Crippen LogP contribution in [0.25, 0.3) is 0 Å². The summed E-state index contributed by atoms with van der Waals surface area (Å²) < 4.78 is 49.7. The first kappa shape index (κ1) is 33.2. The van der Waals surface area contributed by atoms with E-state index in [0.29, 0.717) is 6.54 Å². The van der Waals surface area contributed by atoms with Gasteiger partial charge in [-0.05, 0) is 42.3 Å². The van der Waals surface area contributed by atoms with Crippen molar-refractivity contribution in [3.8, 4) is 5.75 Å². The van der Waals surface area contributed by atoms with E-state index in [9.17, 15) is 18.0 Å². The molecule has 0 saturated carbocycles. The van der Waals surface area contributed by atoms with Gasteiger partial charge in [-0.25, -0.2) is 12.8 Å². The number of ether oxygens (including phenoxy) is 1. The second kappa shape index (κ2) is 15.9. The van der Waals surface area contributed by atoms with Gasteiger partial charge < -0.3 is 15.0 Å². The second-order valence-corrected chi connectivity index (χ2v) is 12.3. The molecule has 1 atom stereocenters. The molecule has 0 saturated heterocycles. The highest BCUT2D eigenvalue weighted by Crippen LogP contribution is 2.32. The molecule has 236 valence electrons. The summed E-state index contributed by atoms with van der Waals surface area (Å²) >= 11 is 0. The van der Waals surface area contributed by atoms with E-state index in [1.165, 1.54) is 30.2 Å². The van der Waals surface area contributed by atoms with Crippen LogP contribution in [-0.4, -0.2) is 51.4 Å². The molecule has 0 unspecified atom stereocenters. The lowest BCUT2D eigenvalue weighted by Gasteiger charge is -2.34. The van der Waals surface area contributed by atoms with Crippen LogP contribution < -0.4 is 14.4 Å². The van der Waals surface area contributed by atoms with Gasteiger partial charge in [-0.15, -0.1) is 0 Å². The smallest absolute Gasteiger partial charge is 0.264 e. The minimum atomic E-state index is -4.29. The third-order valence-electron chi connectivity index (χ3n) is 7.36. The number of anilines is 1. The molecular formula is C35H38FN3O5S. The lowest BCUT2D eigenvalue weighted by atomic mass is 10.0.